The van der Waals surface area contributed by atoms with Gasteiger partial charge in [-0.3, -0.25) is 4.79 Å². The standard InChI is InChI=1S/C11H11BrN2OS2/c12-9-1-2-16-10(9)5-14-4-8-3-7(6-17-8)11(13)15/h1-3,6,14H,4-5H2,(H2,13,15). The van der Waals surface area contributed by atoms with E-state index in [4.69, 9.17) is 5.73 Å². The smallest absolute Gasteiger partial charge is 0.249 e. The molecule has 2 heterocycles. The first-order chi connectivity index (χ1) is 8.16. The van der Waals surface area contributed by atoms with E-state index in [0.29, 0.717) is 5.56 Å². The fourth-order valence-electron chi connectivity index (χ4n) is 1.35. The van der Waals surface area contributed by atoms with Crippen LogP contribution in [0.5, 0.6) is 0 Å². The van der Waals surface area contributed by atoms with E-state index < -0.39 is 0 Å². The highest BCUT2D eigenvalue weighted by atomic mass is 79.9. The van der Waals surface area contributed by atoms with Crippen molar-refractivity contribution in [2.45, 2.75) is 13.1 Å². The third-order valence-electron chi connectivity index (χ3n) is 2.21. The Hall–Kier alpha value is -0.690. The van der Waals surface area contributed by atoms with Gasteiger partial charge >= 0.3 is 0 Å². The Morgan fingerprint density at radius 3 is 2.82 bits per heavy atom. The average molecular weight is 331 g/mol. The van der Waals surface area contributed by atoms with E-state index in [1.54, 1.807) is 28.1 Å². The van der Waals surface area contributed by atoms with E-state index in [-0.39, 0.29) is 5.91 Å². The molecule has 0 bridgehead atoms. The van der Waals surface area contributed by atoms with Crippen molar-refractivity contribution in [1.82, 2.24) is 5.32 Å². The first-order valence-electron chi connectivity index (χ1n) is 4.96. The van der Waals surface area contributed by atoms with Crippen LogP contribution in [0.3, 0.4) is 0 Å². The zero-order valence-electron chi connectivity index (χ0n) is 8.90. The molecule has 0 saturated carbocycles. The fraction of sp³-hybridized carbons (Fsp3) is 0.182. The quantitative estimate of drug-likeness (QED) is 0.885. The number of halogens is 1. The molecule has 3 nitrogen and oxygen atoms in total. The predicted molar refractivity (Wildman–Crippen MR) is 75.4 cm³/mol. The minimum absolute atomic E-state index is 0.367. The molecular weight excluding hydrogens is 320 g/mol. The zero-order valence-corrected chi connectivity index (χ0v) is 12.1. The van der Waals surface area contributed by atoms with Crippen molar-refractivity contribution < 1.29 is 4.79 Å². The van der Waals surface area contributed by atoms with Crippen LogP contribution >= 0.6 is 38.6 Å². The number of nitrogens with two attached hydrogens (primary N) is 1. The number of carbonyl (C=O) groups is 1. The highest BCUT2D eigenvalue weighted by molar-refractivity contribution is 9.10. The van der Waals surface area contributed by atoms with Crippen LogP contribution in [-0.4, -0.2) is 5.91 Å². The van der Waals surface area contributed by atoms with E-state index in [0.717, 1.165) is 22.4 Å². The molecule has 6 heteroatoms. The first kappa shape index (κ1) is 12.8. The molecule has 3 N–H and O–H groups in total. The van der Waals surface area contributed by atoms with Crippen LogP contribution in [0.1, 0.15) is 20.1 Å². The summed E-state index contributed by atoms with van der Waals surface area (Å²) in [6, 6.07) is 3.88. The van der Waals surface area contributed by atoms with Gasteiger partial charge in [-0.15, -0.1) is 22.7 Å². The second kappa shape index (κ2) is 5.77. The third-order valence-corrected chi connectivity index (χ3v) is 5.08. The molecule has 17 heavy (non-hydrogen) atoms. The van der Waals surface area contributed by atoms with E-state index in [2.05, 4.69) is 26.6 Å². The van der Waals surface area contributed by atoms with Gasteiger partial charge in [0.05, 0.1) is 5.56 Å². The average Bonchev–Trinajstić information content (AvgIpc) is 2.89. The number of thiophene rings is 2. The van der Waals surface area contributed by atoms with Crippen molar-refractivity contribution in [3.63, 3.8) is 0 Å². The molecule has 0 aliphatic heterocycles. The van der Waals surface area contributed by atoms with Crippen LogP contribution in [0.25, 0.3) is 0 Å². The van der Waals surface area contributed by atoms with Crippen molar-refractivity contribution in [3.05, 3.63) is 42.7 Å². The number of carbonyl (C=O) groups excluding carboxylic acids is 1. The SMILES string of the molecule is NC(=O)c1csc(CNCc2sccc2Br)c1. The molecule has 0 unspecified atom stereocenters. The van der Waals surface area contributed by atoms with Gasteiger partial charge in [0, 0.05) is 32.7 Å². The molecule has 0 aromatic carbocycles. The van der Waals surface area contributed by atoms with Crippen molar-refractivity contribution >= 4 is 44.5 Å². The Labute approximate surface area is 116 Å². The summed E-state index contributed by atoms with van der Waals surface area (Å²) in [6.45, 7) is 1.57. The molecule has 0 fully saturated rings. The Bertz CT molecular complexity index is 521. The summed E-state index contributed by atoms with van der Waals surface area (Å²) in [5.41, 5.74) is 5.78. The van der Waals surface area contributed by atoms with Gasteiger partial charge in [-0.2, -0.15) is 0 Å². The molecule has 0 aliphatic rings. The molecule has 2 aromatic rings. The Kier molecular flexibility index (Phi) is 4.33. The Morgan fingerprint density at radius 1 is 1.41 bits per heavy atom. The number of rotatable bonds is 5. The molecule has 2 aromatic heterocycles. The summed E-state index contributed by atoms with van der Waals surface area (Å²) in [5.74, 6) is -0.367. The highest BCUT2D eigenvalue weighted by Gasteiger charge is 2.05. The summed E-state index contributed by atoms with van der Waals surface area (Å²) in [7, 11) is 0. The number of primary amides is 1. The summed E-state index contributed by atoms with van der Waals surface area (Å²) in [5, 5.41) is 7.18. The molecule has 90 valence electrons. The first-order valence-corrected chi connectivity index (χ1v) is 7.52. The number of hydrogen-bond donors (Lipinski definition) is 2. The lowest BCUT2D eigenvalue weighted by atomic mass is 10.3. The van der Waals surface area contributed by atoms with Crippen molar-refractivity contribution in [2.75, 3.05) is 0 Å². The Balaban J connectivity index is 1.86. The van der Waals surface area contributed by atoms with E-state index >= 15 is 0 Å². The lowest BCUT2D eigenvalue weighted by molar-refractivity contribution is 0.100. The molecule has 1 amide bonds. The van der Waals surface area contributed by atoms with Gasteiger partial charge in [0.15, 0.2) is 0 Å². The Morgan fingerprint density at radius 2 is 2.24 bits per heavy atom. The van der Waals surface area contributed by atoms with Gasteiger partial charge in [-0.25, -0.2) is 0 Å². The maximum absolute atomic E-state index is 10.9. The molecular formula is C11H11BrN2OS2. The number of nitrogens with one attached hydrogen (secondary N) is 1. The lowest BCUT2D eigenvalue weighted by Gasteiger charge is -2.01. The van der Waals surface area contributed by atoms with E-state index in [1.165, 1.54) is 4.88 Å². The van der Waals surface area contributed by atoms with Gasteiger partial charge in [0.25, 0.3) is 0 Å². The summed E-state index contributed by atoms with van der Waals surface area (Å²) < 4.78 is 1.14. The predicted octanol–water partition coefficient (Wildman–Crippen LogP) is 2.96. The van der Waals surface area contributed by atoms with Crippen LogP contribution in [0.2, 0.25) is 0 Å². The minimum atomic E-state index is -0.367. The van der Waals surface area contributed by atoms with Crippen LogP contribution < -0.4 is 11.1 Å². The van der Waals surface area contributed by atoms with Crippen LogP contribution in [0, 0.1) is 0 Å². The van der Waals surface area contributed by atoms with Gasteiger partial charge in [-0.1, -0.05) is 0 Å². The van der Waals surface area contributed by atoms with Crippen molar-refractivity contribution in [2.24, 2.45) is 5.73 Å². The maximum atomic E-state index is 10.9. The summed E-state index contributed by atoms with van der Waals surface area (Å²) in [4.78, 5) is 13.3. The molecule has 0 atom stereocenters. The highest BCUT2D eigenvalue weighted by Crippen LogP contribution is 2.22. The summed E-state index contributed by atoms with van der Waals surface area (Å²) >= 11 is 6.75. The van der Waals surface area contributed by atoms with Crippen LogP contribution in [0.15, 0.2) is 27.4 Å². The third kappa shape index (κ3) is 3.38. The largest absolute Gasteiger partial charge is 0.366 e. The molecule has 0 spiro atoms. The van der Waals surface area contributed by atoms with Crippen LogP contribution in [-0.2, 0) is 13.1 Å². The number of hydrogen-bond acceptors (Lipinski definition) is 4. The topological polar surface area (TPSA) is 55.1 Å². The van der Waals surface area contributed by atoms with Gasteiger partial charge in [-0.05, 0) is 33.4 Å². The van der Waals surface area contributed by atoms with Crippen molar-refractivity contribution in [1.29, 1.82) is 0 Å². The summed E-state index contributed by atoms with van der Waals surface area (Å²) in [6.07, 6.45) is 0. The van der Waals surface area contributed by atoms with E-state index in [1.807, 2.05) is 12.1 Å². The second-order valence-corrected chi connectivity index (χ2v) is 6.31. The molecule has 2 rings (SSSR count). The van der Waals surface area contributed by atoms with E-state index in [9.17, 15) is 4.79 Å². The lowest BCUT2D eigenvalue weighted by Crippen LogP contribution is -2.12. The normalized spacial score (nSPS) is 10.6. The van der Waals surface area contributed by atoms with Crippen molar-refractivity contribution in [3.8, 4) is 0 Å². The number of amides is 1. The molecule has 0 radical (unpaired) electrons. The molecule has 0 saturated heterocycles. The minimum Gasteiger partial charge on any atom is -0.366 e. The van der Waals surface area contributed by atoms with Crippen LogP contribution in [0.4, 0.5) is 0 Å². The fourth-order valence-corrected chi connectivity index (χ4v) is 3.66. The van der Waals surface area contributed by atoms with Gasteiger partial charge in [0.2, 0.25) is 5.91 Å². The second-order valence-electron chi connectivity index (χ2n) is 3.46. The zero-order chi connectivity index (χ0) is 12.3. The maximum Gasteiger partial charge on any atom is 0.249 e. The van der Waals surface area contributed by atoms with Gasteiger partial charge in [0.1, 0.15) is 0 Å². The van der Waals surface area contributed by atoms with Gasteiger partial charge < -0.3 is 11.1 Å². The monoisotopic (exact) mass is 330 g/mol. The molecule has 0 aliphatic carbocycles.